The standard InChI is InChI=1S/C16H19N5O3/c1-19-10-14(16(22)20(2)13-7-8-17-9-13)15(18-19)11-3-5-12(6-4-11)21(23)24/h3-6,10,13,17H,7-9H2,1-2H3. The number of amides is 1. The Morgan fingerprint density at radius 2 is 2.12 bits per heavy atom. The summed E-state index contributed by atoms with van der Waals surface area (Å²) in [6.45, 7) is 1.69. The highest BCUT2D eigenvalue weighted by Gasteiger charge is 2.27. The van der Waals surface area contributed by atoms with Crippen molar-refractivity contribution < 1.29 is 9.72 Å². The van der Waals surface area contributed by atoms with Gasteiger partial charge in [0, 0.05) is 50.6 Å². The third-order valence-corrected chi connectivity index (χ3v) is 4.31. The van der Waals surface area contributed by atoms with Gasteiger partial charge in [0.25, 0.3) is 11.6 Å². The van der Waals surface area contributed by atoms with E-state index >= 15 is 0 Å². The molecule has 1 aromatic heterocycles. The number of nitro benzene ring substituents is 1. The molecule has 0 aliphatic carbocycles. The minimum absolute atomic E-state index is 0.0108. The van der Waals surface area contributed by atoms with Gasteiger partial charge < -0.3 is 10.2 Å². The van der Waals surface area contributed by atoms with Crippen LogP contribution >= 0.6 is 0 Å². The van der Waals surface area contributed by atoms with Crippen LogP contribution in [0.1, 0.15) is 16.8 Å². The van der Waals surface area contributed by atoms with Crippen LogP contribution in [0.5, 0.6) is 0 Å². The number of benzene rings is 1. The number of hydrogen-bond acceptors (Lipinski definition) is 5. The third kappa shape index (κ3) is 3.00. The number of likely N-dealkylation sites (N-methyl/N-ethyl adjacent to an activating group) is 1. The zero-order valence-corrected chi connectivity index (χ0v) is 13.6. The normalized spacial score (nSPS) is 17.0. The molecule has 0 saturated carbocycles. The highest BCUT2D eigenvalue weighted by atomic mass is 16.6. The van der Waals surface area contributed by atoms with E-state index in [0.717, 1.165) is 19.5 Å². The van der Waals surface area contributed by atoms with Crippen molar-refractivity contribution in [3.05, 3.63) is 46.1 Å². The molecular formula is C16H19N5O3. The number of nitrogens with one attached hydrogen (secondary N) is 1. The molecule has 2 heterocycles. The second-order valence-electron chi connectivity index (χ2n) is 5.93. The summed E-state index contributed by atoms with van der Waals surface area (Å²) in [6.07, 6.45) is 2.62. The van der Waals surface area contributed by atoms with Gasteiger partial charge in [0.05, 0.1) is 10.5 Å². The molecule has 0 spiro atoms. The maximum atomic E-state index is 12.9. The van der Waals surface area contributed by atoms with E-state index in [0.29, 0.717) is 16.8 Å². The summed E-state index contributed by atoms with van der Waals surface area (Å²) in [6, 6.07) is 6.25. The van der Waals surface area contributed by atoms with Gasteiger partial charge in [-0.2, -0.15) is 5.10 Å². The van der Waals surface area contributed by atoms with Crippen LogP contribution in [0, 0.1) is 10.1 Å². The fourth-order valence-corrected chi connectivity index (χ4v) is 2.93. The summed E-state index contributed by atoms with van der Waals surface area (Å²) in [5.74, 6) is -0.0925. The Balaban J connectivity index is 1.92. The molecule has 1 N–H and O–H groups in total. The number of non-ortho nitro benzene ring substituents is 1. The molecule has 1 aromatic carbocycles. The molecule has 3 rings (SSSR count). The van der Waals surface area contributed by atoms with Crippen LogP contribution in [-0.2, 0) is 7.05 Å². The van der Waals surface area contributed by atoms with E-state index in [1.54, 1.807) is 42.0 Å². The molecular weight excluding hydrogens is 310 g/mol. The molecule has 1 aliphatic rings. The number of nitrogens with zero attached hydrogens (tertiary/aromatic N) is 4. The van der Waals surface area contributed by atoms with Crippen LogP contribution < -0.4 is 5.32 Å². The van der Waals surface area contributed by atoms with E-state index in [4.69, 9.17) is 0 Å². The van der Waals surface area contributed by atoms with Gasteiger partial charge in [0.15, 0.2) is 0 Å². The predicted molar refractivity (Wildman–Crippen MR) is 88.7 cm³/mol. The minimum Gasteiger partial charge on any atom is -0.337 e. The molecule has 0 bridgehead atoms. The van der Waals surface area contributed by atoms with Gasteiger partial charge in [0.1, 0.15) is 5.69 Å². The molecule has 1 atom stereocenters. The molecule has 24 heavy (non-hydrogen) atoms. The first-order chi connectivity index (χ1) is 11.5. The number of carbonyl (C=O) groups is 1. The Morgan fingerprint density at radius 1 is 1.42 bits per heavy atom. The zero-order valence-electron chi connectivity index (χ0n) is 13.6. The smallest absolute Gasteiger partial charge is 0.269 e. The SMILES string of the molecule is CN(C(=O)c1cn(C)nc1-c1ccc([N+](=O)[O-])cc1)C1CCNC1. The number of aryl methyl sites for hydroxylation is 1. The molecule has 1 unspecified atom stereocenters. The molecule has 126 valence electrons. The lowest BCUT2D eigenvalue weighted by Crippen LogP contribution is -2.38. The van der Waals surface area contributed by atoms with Crippen molar-refractivity contribution in [3.63, 3.8) is 0 Å². The van der Waals surface area contributed by atoms with E-state index in [-0.39, 0.29) is 17.6 Å². The fourth-order valence-electron chi connectivity index (χ4n) is 2.93. The molecule has 1 fully saturated rings. The van der Waals surface area contributed by atoms with Gasteiger partial charge in [-0.1, -0.05) is 0 Å². The van der Waals surface area contributed by atoms with Gasteiger partial charge in [0.2, 0.25) is 0 Å². The van der Waals surface area contributed by atoms with Crippen molar-refractivity contribution in [3.8, 4) is 11.3 Å². The van der Waals surface area contributed by atoms with E-state index in [1.165, 1.54) is 12.1 Å². The largest absolute Gasteiger partial charge is 0.337 e. The van der Waals surface area contributed by atoms with Crippen LogP contribution in [-0.4, -0.2) is 51.7 Å². The van der Waals surface area contributed by atoms with Crippen LogP contribution in [0.25, 0.3) is 11.3 Å². The van der Waals surface area contributed by atoms with Crippen molar-refractivity contribution in [1.29, 1.82) is 0 Å². The van der Waals surface area contributed by atoms with Gasteiger partial charge in [-0.3, -0.25) is 19.6 Å². The van der Waals surface area contributed by atoms with E-state index in [9.17, 15) is 14.9 Å². The van der Waals surface area contributed by atoms with Gasteiger partial charge >= 0.3 is 0 Å². The third-order valence-electron chi connectivity index (χ3n) is 4.31. The highest BCUT2D eigenvalue weighted by Crippen LogP contribution is 2.26. The molecule has 8 nitrogen and oxygen atoms in total. The summed E-state index contributed by atoms with van der Waals surface area (Å²) < 4.78 is 1.59. The molecule has 8 heteroatoms. The van der Waals surface area contributed by atoms with Crippen LogP contribution in [0.4, 0.5) is 5.69 Å². The number of hydrogen-bond donors (Lipinski definition) is 1. The van der Waals surface area contributed by atoms with Crippen molar-refractivity contribution in [2.45, 2.75) is 12.5 Å². The van der Waals surface area contributed by atoms with Crippen LogP contribution in [0.15, 0.2) is 30.5 Å². The molecule has 0 radical (unpaired) electrons. The van der Waals surface area contributed by atoms with E-state index < -0.39 is 4.92 Å². The topological polar surface area (TPSA) is 93.3 Å². The quantitative estimate of drug-likeness (QED) is 0.676. The van der Waals surface area contributed by atoms with E-state index in [1.807, 2.05) is 0 Å². The number of aromatic nitrogens is 2. The number of nitro groups is 1. The van der Waals surface area contributed by atoms with Gasteiger partial charge in [-0.15, -0.1) is 0 Å². The summed E-state index contributed by atoms with van der Waals surface area (Å²) in [4.78, 5) is 24.9. The Morgan fingerprint density at radius 3 is 2.71 bits per heavy atom. The summed E-state index contributed by atoms with van der Waals surface area (Å²) in [7, 11) is 3.55. The second-order valence-corrected chi connectivity index (χ2v) is 5.93. The molecule has 1 saturated heterocycles. The summed E-state index contributed by atoms with van der Waals surface area (Å²) in [5.41, 5.74) is 1.73. The first-order valence-electron chi connectivity index (χ1n) is 7.73. The van der Waals surface area contributed by atoms with Gasteiger partial charge in [-0.05, 0) is 25.1 Å². The monoisotopic (exact) mass is 329 g/mol. The first kappa shape index (κ1) is 16.1. The summed E-state index contributed by atoms with van der Waals surface area (Å²) >= 11 is 0. The highest BCUT2D eigenvalue weighted by molar-refractivity contribution is 5.99. The van der Waals surface area contributed by atoms with Crippen LogP contribution in [0.2, 0.25) is 0 Å². The van der Waals surface area contributed by atoms with E-state index in [2.05, 4.69) is 10.4 Å². The fraction of sp³-hybridized carbons (Fsp3) is 0.375. The lowest BCUT2D eigenvalue weighted by atomic mass is 10.1. The molecule has 2 aromatic rings. The average molecular weight is 329 g/mol. The maximum Gasteiger partial charge on any atom is 0.269 e. The number of carbonyl (C=O) groups excluding carboxylic acids is 1. The number of rotatable bonds is 4. The Kier molecular flexibility index (Phi) is 4.30. The zero-order chi connectivity index (χ0) is 17.3. The van der Waals surface area contributed by atoms with Crippen molar-refractivity contribution in [2.75, 3.05) is 20.1 Å². The van der Waals surface area contributed by atoms with Crippen molar-refractivity contribution in [1.82, 2.24) is 20.0 Å². The Hall–Kier alpha value is -2.74. The lowest BCUT2D eigenvalue weighted by Gasteiger charge is -2.23. The Labute approximate surface area is 139 Å². The molecule has 1 amide bonds. The van der Waals surface area contributed by atoms with Gasteiger partial charge in [-0.25, -0.2) is 0 Å². The van der Waals surface area contributed by atoms with Crippen molar-refractivity contribution >= 4 is 11.6 Å². The van der Waals surface area contributed by atoms with Crippen LogP contribution in [0.3, 0.4) is 0 Å². The lowest BCUT2D eigenvalue weighted by molar-refractivity contribution is -0.384. The second kappa shape index (κ2) is 6.40. The minimum atomic E-state index is -0.449. The Bertz CT molecular complexity index is 763. The summed E-state index contributed by atoms with van der Waals surface area (Å²) in [5, 5.41) is 18.4. The maximum absolute atomic E-state index is 12.9. The predicted octanol–water partition coefficient (Wildman–Crippen LogP) is 1.43. The average Bonchev–Trinajstić information content (AvgIpc) is 3.23. The first-order valence-corrected chi connectivity index (χ1v) is 7.73. The van der Waals surface area contributed by atoms with Crippen molar-refractivity contribution in [2.24, 2.45) is 7.05 Å². The molecule has 1 aliphatic heterocycles.